The fourth-order valence-corrected chi connectivity index (χ4v) is 4.33. The largest absolute Gasteiger partial charge is 0.462 e. The van der Waals surface area contributed by atoms with Crippen molar-refractivity contribution < 1.29 is 33.2 Å². The fraction of sp³-hybridized carbons (Fsp3) is 0.429. The summed E-state index contributed by atoms with van der Waals surface area (Å²) < 4.78 is 37.6. The highest BCUT2D eigenvalue weighted by atomic mass is 32.2. The first-order valence-electron chi connectivity index (χ1n) is 9.54. The molecular weight excluding hydrogens is 410 g/mol. The average molecular weight is 438 g/mol. The number of aliphatic hydroxyl groups excluding tert-OH is 3. The van der Waals surface area contributed by atoms with E-state index in [1.165, 1.54) is 0 Å². The predicted octanol–water partition coefficient (Wildman–Crippen LogP) is 0.706. The van der Waals surface area contributed by atoms with Gasteiger partial charge in [-0.15, -0.1) is 0 Å². The van der Waals surface area contributed by atoms with Gasteiger partial charge in [-0.25, -0.2) is 13.1 Å². The zero-order chi connectivity index (χ0) is 22.1. The van der Waals surface area contributed by atoms with Crippen LogP contribution in [-0.4, -0.2) is 67.2 Å². The molecule has 8 nitrogen and oxygen atoms in total. The Balaban J connectivity index is 2.01. The zero-order valence-electron chi connectivity index (χ0n) is 17.0. The minimum atomic E-state index is -3.75. The zero-order valence-corrected chi connectivity index (χ0v) is 17.8. The van der Waals surface area contributed by atoms with Crippen LogP contribution in [0.2, 0.25) is 0 Å². The number of nitrogens with one attached hydrogen (secondary N) is 1. The molecule has 0 aliphatic carbocycles. The summed E-state index contributed by atoms with van der Waals surface area (Å²) in [7, 11) is -3.75. The van der Waals surface area contributed by atoms with Gasteiger partial charge in [-0.1, -0.05) is 42.0 Å². The summed E-state index contributed by atoms with van der Waals surface area (Å²) in [5.74, 6) is 0.422. The summed E-state index contributed by atoms with van der Waals surface area (Å²) in [4.78, 5) is 0. The Bertz CT molecular complexity index is 995. The Hall–Kier alpha value is -2.01. The highest BCUT2D eigenvalue weighted by Crippen LogP contribution is 2.35. The van der Waals surface area contributed by atoms with Crippen molar-refractivity contribution in [3.05, 3.63) is 53.6 Å². The number of rotatable bonds is 6. The number of ether oxygens (including phenoxy) is 2. The lowest BCUT2D eigenvalue weighted by Crippen LogP contribution is -2.65. The van der Waals surface area contributed by atoms with Gasteiger partial charge in [-0.05, 0) is 31.0 Å². The highest BCUT2D eigenvalue weighted by molar-refractivity contribution is 7.88. The summed E-state index contributed by atoms with van der Waals surface area (Å²) in [5, 5.41) is 30.1. The number of aryl methyl sites for hydroxylation is 2. The van der Waals surface area contributed by atoms with Gasteiger partial charge in [0.1, 0.15) is 30.1 Å². The molecule has 4 N–H and O–H groups in total. The molecule has 2 unspecified atom stereocenters. The van der Waals surface area contributed by atoms with Crippen LogP contribution in [0.4, 0.5) is 0 Å². The molecule has 0 saturated carbocycles. The first-order chi connectivity index (χ1) is 14.1. The number of sulfonamides is 1. The molecule has 30 heavy (non-hydrogen) atoms. The van der Waals surface area contributed by atoms with Gasteiger partial charge in [0, 0.05) is 5.56 Å². The number of hydrogen-bond acceptors (Lipinski definition) is 7. The molecule has 1 aliphatic rings. The van der Waals surface area contributed by atoms with Crippen LogP contribution in [0.25, 0.3) is 11.1 Å². The van der Waals surface area contributed by atoms with Crippen molar-refractivity contribution in [1.82, 2.24) is 4.72 Å². The highest BCUT2D eigenvalue weighted by Gasteiger charge is 2.46. The molecule has 9 heteroatoms. The molecule has 164 valence electrons. The van der Waals surface area contributed by atoms with E-state index in [2.05, 4.69) is 4.72 Å². The number of aliphatic hydroxyl groups is 3. The van der Waals surface area contributed by atoms with Gasteiger partial charge in [0.05, 0.1) is 12.9 Å². The quantitative estimate of drug-likeness (QED) is 0.524. The molecule has 1 heterocycles. The summed E-state index contributed by atoms with van der Waals surface area (Å²) >= 11 is 0. The van der Waals surface area contributed by atoms with Crippen LogP contribution >= 0.6 is 0 Å². The molecule has 0 radical (unpaired) electrons. The van der Waals surface area contributed by atoms with E-state index in [1.807, 2.05) is 44.2 Å². The number of benzene rings is 2. The van der Waals surface area contributed by atoms with Gasteiger partial charge < -0.3 is 24.8 Å². The van der Waals surface area contributed by atoms with Crippen LogP contribution < -0.4 is 9.46 Å². The minimum Gasteiger partial charge on any atom is -0.462 e. The van der Waals surface area contributed by atoms with Gasteiger partial charge in [0.2, 0.25) is 16.3 Å². The van der Waals surface area contributed by atoms with Gasteiger partial charge in [0.15, 0.2) is 0 Å². The van der Waals surface area contributed by atoms with E-state index in [4.69, 9.17) is 9.47 Å². The monoisotopic (exact) mass is 437 g/mol. The first-order valence-corrected chi connectivity index (χ1v) is 11.4. The van der Waals surface area contributed by atoms with E-state index >= 15 is 0 Å². The van der Waals surface area contributed by atoms with Gasteiger partial charge in [-0.3, -0.25) is 0 Å². The van der Waals surface area contributed by atoms with Crippen molar-refractivity contribution in [3.8, 4) is 16.9 Å². The second-order valence-corrected chi connectivity index (χ2v) is 9.34. The Morgan fingerprint density at radius 1 is 1.10 bits per heavy atom. The van der Waals surface area contributed by atoms with Crippen LogP contribution in [0.15, 0.2) is 42.5 Å². The molecule has 1 saturated heterocycles. The van der Waals surface area contributed by atoms with Crippen molar-refractivity contribution >= 4 is 10.0 Å². The third-order valence-corrected chi connectivity index (χ3v) is 5.72. The topological polar surface area (TPSA) is 125 Å². The van der Waals surface area contributed by atoms with Crippen LogP contribution in [-0.2, 0) is 14.8 Å². The third kappa shape index (κ3) is 5.00. The maximum Gasteiger partial charge on any atom is 0.219 e. The van der Waals surface area contributed by atoms with E-state index < -0.39 is 47.3 Å². The van der Waals surface area contributed by atoms with Crippen molar-refractivity contribution in [2.75, 3.05) is 12.9 Å². The maximum atomic E-state index is 11.8. The fourth-order valence-electron chi connectivity index (χ4n) is 3.59. The predicted molar refractivity (Wildman–Crippen MR) is 112 cm³/mol. The van der Waals surface area contributed by atoms with Crippen molar-refractivity contribution in [2.45, 2.75) is 44.5 Å². The molecule has 2 aromatic rings. The Kier molecular flexibility index (Phi) is 6.81. The van der Waals surface area contributed by atoms with E-state index in [9.17, 15) is 23.7 Å². The second-order valence-electron chi connectivity index (χ2n) is 7.56. The Morgan fingerprint density at radius 2 is 1.80 bits per heavy atom. The van der Waals surface area contributed by atoms with Gasteiger partial charge >= 0.3 is 0 Å². The maximum absolute atomic E-state index is 11.8. The molecule has 0 amide bonds. The van der Waals surface area contributed by atoms with Crippen LogP contribution in [0.3, 0.4) is 0 Å². The lowest BCUT2D eigenvalue weighted by molar-refractivity contribution is -0.241. The average Bonchev–Trinajstić information content (AvgIpc) is 2.66. The summed E-state index contributed by atoms with van der Waals surface area (Å²) in [6.07, 6.45) is -4.49. The van der Waals surface area contributed by atoms with E-state index in [0.29, 0.717) is 5.75 Å². The summed E-state index contributed by atoms with van der Waals surface area (Å²) in [6, 6.07) is 12.0. The second kappa shape index (κ2) is 9.01. The SMILES string of the molecule is Cc1cccc(-c2c(C)cccc2O[C@@H]2OC(CO)[C@H](O)[C@H](O)C2NS(C)(=O)=O)c1. The normalized spacial score (nSPS) is 27.1. The molecule has 2 aromatic carbocycles. The summed E-state index contributed by atoms with van der Waals surface area (Å²) in [6.45, 7) is 3.33. The van der Waals surface area contributed by atoms with Crippen LogP contribution in [0.5, 0.6) is 5.75 Å². The number of hydrogen-bond donors (Lipinski definition) is 4. The lowest BCUT2D eigenvalue weighted by atomic mass is 9.96. The summed E-state index contributed by atoms with van der Waals surface area (Å²) in [5.41, 5.74) is 3.70. The molecule has 0 aromatic heterocycles. The smallest absolute Gasteiger partial charge is 0.219 e. The Morgan fingerprint density at radius 3 is 2.43 bits per heavy atom. The van der Waals surface area contributed by atoms with Crippen LogP contribution in [0, 0.1) is 13.8 Å². The van der Waals surface area contributed by atoms with Crippen LogP contribution in [0.1, 0.15) is 11.1 Å². The molecule has 1 aliphatic heterocycles. The molecule has 0 spiro atoms. The molecule has 1 fully saturated rings. The molecule has 0 bridgehead atoms. The molecular formula is C21H27NO7S. The van der Waals surface area contributed by atoms with E-state index in [0.717, 1.165) is 28.5 Å². The van der Waals surface area contributed by atoms with E-state index in [1.54, 1.807) is 12.1 Å². The molecule has 5 atom stereocenters. The van der Waals surface area contributed by atoms with Gasteiger partial charge in [-0.2, -0.15) is 0 Å². The molecule has 3 rings (SSSR count). The van der Waals surface area contributed by atoms with Gasteiger partial charge in [0.25, 0.3) is 0 Å². The van der Waals surface area contributed by atoms with E-state index in [-0.39, 0.29) is 0 Å². The lowest BCUT2D eigenvalue weighted by Gasteiger charge is -2.42. The minimum absolute atomic E-state index is 0.422. The van der Waals surface area contributed by atoms with Crippen molar-refractivity contribution in [2.24, 2.45) is 0 Å². The van der Waals surface area contributed by atoms with Crippen molar-refractivity contribution in [3.63, 3.8) is 0 Å². The standard InChI is InChI=1S/C21H27NO7S/c1-12-6-4-8-14(10-12)17-13(2)7-5-9-15(17)28-21-18(22-30(3,26)27)20(25)19(24)16(11-23)29-21/h4-10,16,18-25H,11H2,1-3H3/t16?,18?,19-,20+,21+/m0/s1. The van der Waals surface area contributed by atoms with Crippen molar-refractivity contribution in [1.29, 1.82) is 0 Å². The first kappa shape index (κ1) is 22.7. The Labute approximate surface area is 176 Å². The third-order valence-electron chi connectivity index (χ3n) is 5.02.